The van der Waals surface area contributed by atoms with Crippen LogP contribution in [0, 0.1) is 12.3 Å². The fourth-order valence-corrected chi connectivity index (χ4v) is 1.07. The van der Waals surface area contributed by atoms with Gasteiger partial charge in [0.15, 0.2) is 5.82 Å². The van der Waals surface area contributed by atoms with Gasteiger partial charge in [-0.05, 0) is 6.07 Å². The molecule has 1 aromatic heterocycles. The normalized spacial score (nSPS) is 9.21. The van der Waals surface area contributed by atoms with Crippen LogP contribution in [0.15, 0.2) is 12.1 Å². The van der Waals surface area contributed by atoms with Crippen LogP contribution in [-0.4, -0.2) is 25.7 Å². The number of aromatic nitrogens is 1. The number of nitrogens with zero attached hydrogens (tertiary/aromatic N) is 2. The summed E-state index contributed by atoms with van der Waals surface area (Å²) in [5.41, 5.74) is 6.33. The average molecular weight is 191 g/mol. The van der Waals surface area contributed by atoms with Gasteiger partial charge in [0.25, 0.3) is 0 Å². The molecule has 14 heavy (non-hydrogen) atoms. The maximum atomic E-state index is 5.75. The Kier molecular flexibility index (Phi) is 3.19. The van der Waals surface area contributed by atoms with Gasteiger partial charge in [-0.1, -0.05) is 5.92 Å². The largest absolute Gasteiger partial charge is 0.481 e. The maximum Gasteiger partial charge on any atom is 0.215 e. The number of anilines is 2. The molecule has 1 heterocycles. The Morgan fingerprint density at radius 3 is 2.93 bits per heavy atom. The second-order valence-corrected chi connectivity index (χ2v) is 2.83. The third-order valence-corrected chi connectivity index (χ3v) is 1.78. The van der Waals surface area contributed by atoms with Crippen LogP contribution in [0.3, 0.4) is 0 Å². The Labute approximate surface area is 83.7 Å². The van der Waals surface area contributed by atoms with Crippen molar-refractivity contribution in [1.82, 2.24) is 4.98 Å². The highest BCUT2D eigenvalue weighted by Crippen LogP contribution is 2.22. The van der Waals surface area contributed by atoms with E-state index in [1.807, 2.05) is 7.05 Å². The highest BCUT2D eigenvalue weighted by molar-refractivity contribution is 5.63. The topological polar surface area (TPSA) is 51.4 Å². The van der Waals surface area contributed by atoms with Gasteiger partial charge < -0.3 is 15.4 Å². The van der Waals surface area contributed by atoms with Gasteiger partial charge in [-0.3, -0.25) is 0 Å². The lowest BCUT2D eigenvalue weighted by molar-refractivity contribution is 0.398. The molecule has 0 atom stereocenters. The van der Waals surface area contributed by atoms with Gasteiger partial charge in [-0.2, -0.15) is 4.98 Å². The molecule has 0 aromatic carbocycles. The van der Waals surface area contributed by atoms with Gasteiger partial charge in [-0.15, -0.1) is 6.42 Å². The van der Waals surface area contributed by atoms with E-state index in [0.717, 1.165) is 0 Å². The number of ether oxygens (including phenoxy) is 1. The predicted octanol–water partition coefficient (Wildman–Crippen LogP) is 0.742. The number of nitrogens with two attached hydrogens (primary N) is 1. The van der Waals surface area contributed by atoms with Crippen molar-refractivity contribution in [2.24, 2.45) is 0 Å². The monoisotopic (exact) mass is 191 g/mol. The van der Waals surface area contributed by atoms with Crippen molar-refractivity contribution in [2.45, 2.75) is 0 Å². The molecule has 0 radical (unpaired) electrons. The van der Waals surface area contributed by atoms with Crippen LogP contribution in [0.2, 0.25) is 0 Å². The zero-order valence-corrected chi connectivity index (χ0v) is 8.32. The Bertz CT molecular complexity index is 357. The molecule has 1 aromatic rings. The summed E-state index contributed by atoms with van der Waals surface area (Å²) in [5, 5.41) is 0. The lowest BCUT2D eigenvalue weighted by Gasteiger charge is -2.17. The molecule has 0 saturated carbocycles. The third kappa shape index (κ3) is 2.07. The lowest BCUT2D eigenvalue weighted by Crippen LogP contribution is -2.19. The molecule has 4 nitrogen and oxygen atoms in total. The quantitative estimate of drug-likeness (QED) is 0.716. The highest BCUT2D eigenvalue weighted by Gasteiger charge is 2.07. The van der Waals surface area contributed by atoms with E-state index >= 15 is 0 Å². The van der Waals surface area contributed by atoms with E-state index in [1.165, 1.54) is 0 Å². The van der Waals surface area contributed by atoms with Crippen molar-refractivity contribution >= 4 is 11.5 Å². The number of methoxy groups -OCH3 is 1. The summed E-state index contributed by atoms with van der Waals surface area (Å²) in [4.78, 5) is 5.98. The van der Waals surface area contributed by atoms with Crippen molar-refractivity contribution in [3.8, 4) is 18.2 Å². The lowest BCUT2D eigenvalue weighted by atomic mass is 10.3. The molecule has 0 saturated heterocycles. The highest BCUT2D eigenvalue weighted by atomic mass is 16.5. The Morgan fingerprint density at radius 2 is 2.36 bits per heavy atom. The molecule has 2 N–H and O–H groups in total. The Morgan fingerprint density at radius 1 is 1.64 bits per heavy atom. The molecule has 0 spiro atoms. The summed E-state index contributed by atoms with van der Waals surface area (Å²) in [6, 6.07) is 3.46. The molecule has 4 heteroatoms. The minimum atomic E-state index is 0.463. The predicted molar refractivity (Wildman–Crippen MR) is 57.3 cm³/mol. The van der Waals surface area contributed by atoms with Crippen LogP contribution in [0.1, 0.15) is 0 Å². The third-order valence-electron chi connectivity index (χ3n) is 1.78. The van der Waals surface area contributed by atoms with Crippen LogP contribution >= 0.6 is 0 Å². The first-order chi connectivity index (χ1) is 6.69. The van der Waals surface area contributed by atoms with E-state index in [0.29, 0.717) is 23.9 Å². The average Bonchev–Trinajstić information content (AvgIpc) is 2.19. The van der Waals surface area contributed by atoms with Gasteiger partial charge in [0, 0.05) is 13.1 Å². The standard InChI is InChI=1S/C10H13N3O/c1-4-7-13(2)10-8(11)5-6-9(12-10)14-3/h1,5-6H,7,11H2,2-3H3. The number of hydrogen-bond acceptors (Lipinski definition) is 4. The van der Waals surface area contributed by atoms with Crippen molar-refractivity contribution in [2.75, 3.05) is 31.3 Å². The van der Waals surface area contributed by atoms with Crippen molar-refractivity contribution in [1.29, 1.82) is 0 Å². The summed E-state index contributed by atoms with van der Waals surface area (Å²) in [5.74, 6) is 3.69. The molecule has 0 aliphatic rings. The number of pyridine rings is 1. The molecule has 0 amide bonds. The Balaban J connectivity index is 3.00. The van der Waals surface area contributed by atoms with E-state index in [2.05, 4.69) is 10.9 Å². The van der Waals surface area contributed by atoms with E-state index < -0.39 is 0 Å². The smallest absolute Gasteiger partial charge is 0.215 e. The van der Waals surface area contributed by atoms with Crippen molar-refractivity contribution in [3.05, 3.63) is 12.1 Å². The second-order valence-electron chi connectivity index (χ2n) is 2.83. The fraction of sp³-hybridized carbons (Fsp3) is 0.300. The first-order valence-corrected chi connectivity index (χ1v) is 4.14. The van der Waals surface area contributed by atoms with Crippen LogP contribution in [0.5, 0.6) is 5.88 Å². The molecule has 0 fully saturated rings. The molecule has 1 rings (SSSR count). The zero-order chi connectivity index (χ0) is 10.6. The number of hydrogen-bond donors (Lipinski definition) is 1. The SMILES string of the molecule is C#CCN(C)c1nc(OC)ccc1N. The number of nitrogen functional groups attached to an aromatic ring is 1. The minimum Gasteiger partial charge on any atom is -0.481 e. The summed E-state index contributed by atoms with van der Waals surface area (Å²) >= 11 is 0. The van der Waals surface area contributed by atoms with Gasteiger partial charge in [0.2, 0.25) is 5.88 Å². The molecular weight excluding hydrogens is 178 g/mol. The zero-order valence-electron chi connectivity index (χ0n) is 8.32. The number of rotatable bonds is 3. The summed E-state index contributed by atoms with van der Waals surface area (Å²) in [6.45, 7) is 0.463. The van der Waals surface area contributed by atoms with Crippen molar-refractivity contribution in [3.63, 3.8) is 0 Å². The van der Waals surface area contributed by atoms with E-state index in [-0.39, 0.29) is 0 Å². The van der Waals surface area contributed by atoms with Crippen LogP contribution in [-0.2, 0) is 0 Å². The van der Waals surface area contributed by atoms with Gasteiger partial charge in [-0.25, -0.2) is 0 Å². The molecule has 74 valence electrons. The summed E-state index contributed by atoms with van der Waals surface area (Å²) in [7, 11) is 3.39. The van der Waals surface area contributed by atoms with Gasteiger partial charge in [0.1, 0.15) is 0 Å². The Hall–Kier alpha value is -1.89. The van der Waals surface area contributed by atoms with E-state index in [9.17, 15) is 0 Å². The van der Waals surface area contributed by atoms with Gasteiger partial charge >= 0.3 is 0 Å². The number of terminal acetylenes is 1. The van der Waals surface area contributed by atoms with E-state index in [1.54, 1.807) is 24.1 Å². The molecular formula is C10H13N3O. The molecule has 0 aliphatic heterocycles. The first kappa shape index (κ1) is 10.2. The molecule has 0 aliphatic carbocycles. The molecule has 0 unspecified atom stereocenters. The van der Waals surface area contributed by atoms with Crippen molar-refractivity contribution < 1.29 is 4.74 Å². The minimum absolute atomic E-state index is 0.463. The van der Waals surface area contributed by atoms with Crippen LogP contribution in [0.4, 0.5) is 11.5 Å². The fourth-order valence-electron chi connectivity index (χ4n) is 1.07. The summed E-state index contributed by atoms with van der Waals surface area (Å²) < 4.78 is 4.99. The van der Waals surface area contributed by atoms with Gasteiger partial charge in [0.05, 0.1) is 19.3 Å². The second kappa shape index (κ2) is 4.38. The summed E-state index contributed by atoms with van der Waals surface area (Å²) in [6.07, 6.45) is 5.20. The molecule has 0 bridgehead atoms. The first-order valence-electron chi connectivity index (χ1n) is 4.14. The maximum absolute atomic E-state index is 5.75. The van der Waals surface area contributed by atoms with Crippen LogP contribution in [0.25, 0.3) is 0 Å². The van der Waals surface area contributed by atoms with E-state index in [4.69, 9.17) is 16.9 Å². The van der Waals surface area contributed by atoms with Crippen LogP contribution < -0.4 is 15.4 Å².